The molecule has 1 aliphatic heterocycles. The van der Waals surface area contributed by atoms with E-state index in [4.69, 9.17) is 0 Å². The molecular formula is C14H21BrN2O. The van der Waals surface area contributed by atoms with E-state index in [1.165, 1.54) is 0 Å². The Labute approximate surface area is 118 Å². The Hall–Kier alpha value is -0.580. The highest BCUT2D eigenvalue weighted by molar-refractivity contribution is 9.10. The van der Waals surface area contributed by atoms with Crippen molar-refractivity contribution in [3.8, 4) is 0 Å². The van der Waals surface area contributed by atoms with Crippen molar-refractivity contribution in [1.82, 2.24) is 4.90 Å². The molecule has 1 aromatic carbocycles. The molecule has 1 saturated heterocycles. The Kier molecular flexibility index (Phi) is 4.65. The SMILES string of the molecule is CCN1CCN(c2cc(Br)ccc2CO)CC1C. The number of benzene rings is 1. The van der Waals surface area contributed by atoms with Gasteiger partial charge < -0.3 is 10.0 Å². The van der Waals surface area contributed by atoms with Crippen LogP contribution in [-0.4, -0.2) is 42.2 Å². The first-order valence-electron chi connectivity index (χ1n) is 6.54. The molecule has 0 amide bonds. The number of hydrogen-bond donors (Lipinski definition) is 1. The number of rotatable bonds is 3. The van der Waals surface area contributed by atoms with Crippen LogP contribution in [0.2, 0.25) is 0 Å². The molecule has 1 aliphatic rings. The lowest BCUT2D eigenvalue weighted by molar-refractivity contribution is 0.199. The maximum Gasteiger partial charge on any atom is 0.0702 e. The quantitative estimate of drug-likeness (QED) is 0.929. The zero-order valence-electron chi connectivity index (χ0n) is 11.1. The molecule has 1 unspecified atom stereocenters. The lowest BCUT2D eigenvalue weighted by atomic mass is 10.1. The first kappa shape index (κ1) is 13.8. The third-order valence-electron chi connectivity index (χ3n) is 3.73. The van der Waals surface area contributed by atoms with Gasteiger partial charge >= 0.3 is 0 Å². The van der Waals surface area contributed by atoms with Crippen LogP contribution in [0.1, 0.15) is 19.4 Å². The summed E-state index contributed by atoms with van der Waals surface area (Å²) in [5, 5.41) is 9.45. The zero-order valence-corrected chi connectivity index (χ0v) is 12.7. The summed E-state index contributed by atoms with van der Waals surface area (Å²) in [5.74, 6) is 0. The Morgan fingerprint density at radius 3 is 2.78 bits per heavy atom. The van der Waals surface area contributed by atoms with Crippen LogP contribution in [0.5, 0.6) is 0 Å². The summed E-state index contributed by atoms with van der Waals surface area (Å²) in [6.45, 7) is 8.84. The Morgan fingerprint density at radius 2 is 2.17 bits per heavy atom. The number of hydrogen-bond acceptors (Lipinski definition) is 3. The molecule has 0 spiro atoms. The Morgan fingerprint density at radius 1 is 1.39 bits per heavy atom. The fourth-order valence-corrected chi connectivity index (χ4v) is 3.00. The van der Waals surface area contributed by atoms with Crippen molar-refractivity contribution < 1.29 is 5.11 Å². The van der Waals surface area contributed by atoms with E-state index in [-0.39, 0.29) is 6.61 Å². The van der Waals surface area contributed by atoms with E-state index in [1.807, 2.05) is 12.1 Å². The fourth-order valence-electron chi connectivity index (χ4n) is 2.65. The van der Waals surface area contributed by atoms with Gasteiger partial charge in [-0.2, -0.15) is 0 Å². The molecule has 2 rings (SSSR count). The highest BCUT2D eigenvalue weighted by atomic mass is 79.9. The molecule has 100 valence electrons. The van der Waals surface area contributed by atoms with E-state index in [0.29, 0.717) is 6.04 Å². The average molecular weight is 313 g/mol. The lowest BCUT2D eigenvalue weighted by Crippen LogP contribution is -2.52. The number of likely N-dealkylation sites (N-methyl/N-ethyl adjacent to an activating group) is 1. The highest BCUT2D eigenvalue weighted by Gasteiger charge is 2.23. The summed E-state index contributed by atoms with van der Waals surface area (Å²) < 4.78 is 1.07. The molecule has 3 nitrogen and oxygen atoms in total. The first-order valence-corrected chi connectivity index (χ1v) is 7.33. The minimum atomic E-state index is 0.102. The van der Waals surface area contributed by atoms with Gasteiger partial charge in [0.2, 0.25) is 0 Å². The summed E-state index contributed by atoms with van der Waals surface area (Å²) in [5.41, 5.74) is 2.17. The van der Waals surface area contributed by atoms with Gasteiger partial charge in [0, 0.05) is 41.4 Å². The minimum absolute atomic E-state index is 0.102. The molecule has 18 heavy (non-hydrogen) atoms. The molecule has 0 radical (unpaired) electrons. The Balaban J connectivity index is 2.19. The van der Waals surface area contributed by atoms with Gasteiger partial charge in [-0.05, 0) is 25.6 Å². The van der Waals surface area contributed by atoms with E-state index < -0.39 is 0 Å². The van der Waals surface area contributed by atoms with Crippen LogP contribution in [0.15, 0.2) is 22.7 Å². The topological polar surface area (TPSA) is 26.7 Å². The number of piperazine rings is 1. The monoisotopic (exact) mass is 312 g/mol. The largest absolute Gasteiger partial charge is 0.392 e. The van der Waals surface area contributed by atoms with Crippen molar-refractivity contribution in [3.63, 3.8) is 0 Å². The summed E-state index contributed by atoms with van der Waals surface area (Å²) in [7, 11) is 0. The standard InChI is InChI=1S/C14H21BrN2O/c1-3-16-6-7-17(9-11(16)2)14-8-13(15)5-4-12(14)10-18/h4-5,8,11,18H,3,6-7,9-10H2,1-2H3. The number of nitrogens with zero attached hydrogens (tertiary/aromatic N) is 2. The van der Waals surface area contributed by atoms with Gasteiger partial charge in [0.05, 0.1) is 6.61 Å². The van der Waals surface area contributed by atoms with Crippen LogP contribution >= 0.6 is 15.9 Å². The van der Waals surface area contributed by atoms with E-state index >= 15 is 0 Å². The van der Waals surface area contributed by atoms with Crippen LogP contribution in [0, 0.1) is 0 Å². The number of aliphatic hydroxyl groups is 1. The third-order valence-corrected chi connectivity index (χ3v) is 4.22. The average Bonchev–Trinajstić information content (AvgIpc) is 2.38. The van der Waals surface area contributed by atoms with Gasteiger partial charge in [-0.3, -0.25) is 4.90 Å². The van der Waals surface area contributed by atoms with Crippen LogP contribution in [-0.2, 0) is 6.61 Å². The minimum Gasteiger partial charge on any atom is -0.392 e. The van der Waals surface area contributed by atoms with Gasteiger partial charge in [-0.1, -0.05) is 28.9 Å². The lowest BCUT2D eigenvalue weighted by Gasteiger charge is -2.41. The first-order chi connectivity index (χ1) is 8.65. The van der Waals surface area contributed by atoms with Gasteiger partial charge in [0.15, 0.2) is 0 Å². The maximum absolute atomic E-state index is 9.45. The van der Waals surface area contributed by atoms with E-state index in [9.17, 15) is 5.11 Å². The van der Waals surface area contributed by atoms with Crippen LogP contribution in [0.3, 0.4) is 0 Å². The maximum atomic E-state index is 9.45. The zero-order chi connectivity index (χ0) is 13.1. The summed E-state index contributed by atoms with van der Waals surface area (Å²) in [4.78, 5) is 4.88. The second-order valence-corrected chi connectivity index (χ2v) is 5.77. The highest BCUT2D eigenvalue weighted by Crippen LogP contribution is 2.27. The molecule has 0 saturated carbocycles. The van der Waals surface area contributed by atoms with Crippen molar-refractivity contribution in [1.29, 1.82) is 0 Å². The van der Waals surface area contributed by atoms with E-state index in [2.05, 4.69) is 45.6 Å². The second-order valence-electron chi connectivity index (χ2n) is 4.85. The molecule has 1 atom stereocenters. The summed E-state index contributed by atoms with van der Waals surface area (Å²) in [6, 6.07) is 6.66. The van der Waals surface area contributed by atoms with Crippen molar-refractivity contribution in [2.45, 2.75) is 26.5 Å². The number of aliphatic hydroxyl groups excluding tert-OH is 1. The van der Waals surface area contributed by atoms with Crippen LogP contribution in [0.4, 0.5) is 5.69 Å². The molecular weight excluding hydrogens is 292 g/mol. The smallest absolute Gasteiger partial charge is 0.0702 e. The van der Waals surface area contributed by atoms with Crippen LogP contribution < -0.4 is 4.90 Å². The third kappa shape index (κ3) is 2.87. The van der Waals surface area contributed by atoms with E-state index in [1.54, 1.807) is 0 Å². The molecule has 1 heterocycles. The van der Waals surface area contributed by atoms with Gasteiger partial charge in [-0.25, -0.2) is 0 Å². The molecule has 0 aromatic heterocycles. The number of halogens is 1. The van der Waals surface area contributed by atoms with Gasteiger partial charge in [0.1, 0.15) is 0 Å². The van der Waals surface area contributed by atoms with Crippen molar-refractivity contribution in [3.05, 3.63) is 28.2 Å². The second kappa shape index (κ2) is 6.04. The van der Waals surface area contributed by atoms with Crippen molar-refractivity contribution >= 4 is 21.6 Å². The van der Waals surface area contributed by atoms with E-state index in [0.717, 1.165) is 41.9 Å². The molecule has 1 aromatic rings. The normalized spacial score (nSPS) is 21.3. The molecule has 1 fully saturated rings. The Bertz CT molecular complexity index is 411. The van der Waals surface area contributed by atoms with Crippen LogP contribution in [0.25, 0.3) is 0 Å². The van der Waals surface area contributed by atoms with Crippen molar-refractivity contribution in [2.24, 2.45) is 0 Å². The van der Waals surface area contributed by atoms with Gasteiger partial charge in [0.25, 0.3) is 0 Å². The summed E-state index contributed by atoms with van der Waals surface area (Å²) in [6.07, 6.45) is 0. The molecule has 4 heteroatoms. The van der Waals surface area contributed by atoms with Gasteiger partial charge in [-0.15, -0.1) is 0 Å². The summed E-state index contributed by atoms with van der Waals surface area (Å²) >= 11 is 3.51. The number of anilines is 1. The predicted octanol–water partition coefficient (Wildman–Crippen LogP) is 2.47. The predicted molar refractivity (Wildman–Crippen MR) is 79.0 cm³/mol. The molecule has 0 aliphatic carbocycles. The molecule has 0 bridgehead atoms. The fraction of sp³-hybridized carbons (Fsp3) is 0.571. The van der Waals surface area contributed by atoms with Crippen molar-refractivity contribution in [2.75, 3.05) is 31.1 Å². The molecule has 1 N–H and O–H groups in total.